The topological polar surface area (TPSA) is 85.8 Å². The Balaban J connectivity index is 2.00. The van der Waals surface area contributed by atoms with Crippen molar-refractivity contribution in [2.75, 3.05) is 0 Å². The van der Waals surface area contributed by atoms with Crippen LogP contribution in [0.4, 0.5) is 0 Å². The van der Waals surface area contributed by atoms with Gasteiger partial charge in [0.1, 0.15) is 11.8 Å². The zero-order valence-electron chi connectivity index (χ0n) is 11.7. The molecule has 0 saturated carbocycles. The molecule has 1 aliphatic heterocycles. The van der Waals surface area contributed by atoms with Crippen LogP contribution in [0.15, 0.2) is 29.4 Å². The number of carbonyl (C=O) groups is 1. The third-order valence-electron chi connectivity index (χ3n) is 3.25. The van der Waals surface area contributed by atoms with Crippen LogP contribution < -0.4 is 16.3 Å². The third kappa shape index (κ3) is 3.55. The monoisotopic (exact) mass is 276 g/mol. The summed E-state index contributed by atoms with van der Waals surface area (Å²) in [4.78, 5) is 11.9. The zero-order chi connectivity index (χ0) is 14.5. The Bertz CT molecular complexity index is 498. The average molecular weight is 276 g/mol. The number of phenols is 1. The minimum absolute atomic E-state index is 0.147. The first-order chi connectivity index (χ1) is 9.60. The van der Waals surface area contributed by atoms with E-state index in [9.17, 15) is 9.90 Å². The van der Waals surface area contributed by atoms with E-state index in [1.54, 1.807) is 24.3 Å². The fourth-order valence-electron chi connectivity index (χ4n) is 2.09. The minimum atomic E-state index is -0.258. The predicted molar refractivity (Wildman–Crippen MR) is 77.2 cm³/mol. The number of benzene rings is 1. The van der Waals surface area contributed by atoms with E-state index >= 15 is 0 Å². The Hall–Kier alpha value is -1.92. The van der Waals surface area contributed by atoms with E-state index in [4.69, 9.17) is 0 Å². The molecule has 0 aromatic heterocycles. The molecular formula is C14H20N4O2. The van der Waals surface area contributed by atoms with Gasteiger partial charge in [-0.2, -0.15) is 5.10 Å². The summed E-state index contributed by atoms with van der Waals surface area (Å²) in [6.45, 7) is 3.98. The van der Waals surface area contributed by atoms with Crippen molar-refractivity contribution < 1.29 is 9.90 Å². The van der Waals surface area contributed by atoms with Gasteiger partial charge in [-0.05, 0) is 49.6 Å². The molecule has 108 valence electrons. The van der Waals surface area contributed by atoms with Crippen molar-refractivity contribution in [3.63, 3.8) is 0 Å². The van der Waals surface area contributed by atoms with E-state index in [2.05, 4.69) is 21.4 Å². The van der Waals surface area contributed by atoms with Gasteiger partial charge in [0, 0.05) is 6.04 Å². The molecule has 1 fully saturated rings. The quantitative estimate of drug-likeness (QED) is 0.486. The number of amides is 1. The lowest BCUT2D eigenvalue weighted by atomic mass is 10.1. The Morgan fingerprint density at radius 3 is 2.65 bits per heavy atom. The van der Waals surface area contributed by atoms with Crippen LogP contribution in [0, 0.1) is 0 Å². The van der Waals surface area contributed by atoms with Gasteiger partial charge in [-0.3, -0.25) is 10.2 Å². The minimum Gasteiger partial charge on any atom is -0.508 e. The first kappa shape index (κ1) is 14.5. The Kier molecular flexibility index (Phi) is 4.70. The van der Waals surface area contributed by atoms with Crippen molar-refractivity contribution in [2.24, 2.45) is 5.10 Å². The second-order valence-corrected chi connectivity index (χ2v) is 4.91. The molecule has 6 heteroatoms. The molecule has 1 amide bonds. The Labute approximate surface area is 118 Å². The Morgan fingerprint density at radius 1 is 1.40 bits per heavy atom. The summed E-state index contributed by atoms with van der Waals surface area (Å²) in [5.74, 6) is 0.0648. The van der Waals surface area contributed by atoms with Crippen LogP contribution in [0.25, 0.3) is 0 Å². The van der Waals surface area contributed by atoms with Crippen molar-refractivity contribution in [3.8, 4) is 5.75 Å². The summed E-state index contributed by atoms with van der Waals surface area (Å²) < 4.78 is 0. The van der Waals surface area contributed by atoms with Crippen LogP contribution in [0.5, 0.6) is 5.75 Å². The number of hydrogen-bond donors (Lipinski definition) is 4. The lowest BCUT2D eigenvalue weighted by molar-refractivity contribution is -0.122. The molecule has 1 saturated heterocycles. The normalized spacial score (nSPS) is 22.8. The van der Waals surface area contributed by atoms with Gasteiger partial charge in [-0.1, -0.05) is 6.92 Å². The molecule has 1 aromatic rings. The van der Waals surface area contributed by atoms with E-state index in [0.29, 0.717) is 6.42 Å². The molecule has 0 bridgehead atoms. The highest BCUT2D eigenvalue weighted by Crippen LogP contribution is 2.12. The number of hydrazine groups is 1. The number of nitrogens with one attached hydrogen (secondary N) is 3. The van der Waals surface area contributed by atoms with E-state index in [0.717, 1.165) is 17.7 Å². The second-order valence-electron chi connectivity index (χ2n) is 4.91. The van der Waals surface area contributed by atoms with Gasteiger partial charge in [0.25, 0.3) is 5.91 Å². The van der Waals surface area contributed by atoms with Crippen molar-refractivity contribution >= 4 is 11.6 Å². The molecule has 1 aromatic carbocycles. The van der Waals surface area contributed by atoms with Gasteiger partial charge in [-0.25, -0.2) is 10.9 Å². The van der Waals surface area contributed by atoms with Gasteiger partial charge in [0.2, 0.25) is 0 Å². The first-order valence-electron chi connectivity index (χ1n) is 6.77. The van der Waals surface area contributed by atoms with Crippen LogP contribution in [0.1, 0.15) is 32.3 Å². The molecule has 2 rings (SSSR count). The van der Waals surface area contributed by atoms with Gasteiger partial charge < -0.3 is 5.11 Å². The standard InChI is InChI=1S/C14H20N4O2/c1-3-12(10-4-6-11(19)7-5-10)16-18-14(20)13-8-9(2)15-17-13/h4-7,9,13,15,17,19H,3,8H2,1-2H3,(H,18,20)/b16-12+. The maximum atomic E-state index is 11.9. The predicted octanol–water partition coefficient (Wildman–Crippen LogP) is 0.878. The second kappa shape index (κ2) is 6.49. The molecule has 0 spiro atoms. The molecule has 1 heterocycles. The van der Waals surface area contributed by atoms with E-state index in [-0.39, 0.29) is 23.7 Å². The lowest BCUT2D eigenvalue weighted by Crippen LogP contribution is -2.42. The zero-order valence-corrected chi connectivity index (χ0v) is 11.7. The van der Waals surface area contributed by atoms with Crippen LogP contribution in [0.3, 0.4) is 0 Å². The van der Waals surface area contributed by atoms with E-state index in [1.165, 1.54) is 0 Å². The Morgan fingerprint density at radius 2 is 2.10 bits per heavy atom. The van der Waals surface area contributed by atoms with Crippen LogP contribution in [0.2, 0.25) is 0 Å². The first-order valence-corrected chi connectivity index (χ1v) is 6.77. The fourth-order valence-corrected chi connectivity index (χ4v) is 2.09. The molecular weight excluding hydrogens is 256 g/mol. The summed E-state index contributed by atoms with van der Waals surface area (Å²) in [6.07, 6.45) is 1.43. The maximum Gasteiger partial charge on any atom is 0.258 e. The maximum absolute atomic E-state index is 11.9. The number of aromatic hydroxyl groups is 1. The molecule has 2 atom stereocenters. The molecule has 0 aliphatic carbocycles. The largest absolute Gasteiger partial charge is 0.508 e. The number of carbonyl (C=O) groups excluding carboxylic acids is 1. The van der Waals surface area contributed by atoms with Gasteiger partial charge in [0.05, 0.1) is 5.71 Å². The highest BCUT2D eigenvalue weighted by atomic mass is 16.3. The number of hydrogen-bond acceptors (Lipinski definition) is 5. The fraction of sp³-hybridized carbons (Fsp3) is 0.429. The summed E-state index contributed by atoms with van der Waals surface area (Å²) >= 11 is 0. The van der Waals surface area contributed by atoms with Crippen molar-refractivity contribution in [1.29, 1.82) is 0 Å². The summed E-state index contributed by atoms with van der Waals surface area (Å²) in [5.41, 5.74) is 10.2. The highest BCUT2D eigenvalue weighted by Gasteiger charge is 2.26. The summed E-state index contributed by atoms with van der Waals surface area (Å²) in [7, 11) is 0. The summed E-state index contributed by atoms with van der Waals surface area (Å²) in [6, 6.07) is 6.78. The molecule has 0 radical (unpaired) electrons. The van der Waals surface area contributed by atoms with E-state index in [1.807, 2.05) is 13.8 Å². The molecule has 4 N–H and O–H groups in total. The number of rotatable bonds is 4. The molecule has 2 unspecified atom stereocenters. The van der Waals surface area contributed by atoms with Crippen molar-refractivity contribution in [1.82, 2.24) is 16.3 Å². The number of nitrogens with zero attached hydrogens (tertiary/aromatic N) is 1. The molecule has 1 aliphatic rings. The smallest absolute Gasteiger partial charge is 0.258 e. The number of phenolic OH excluding ortho intramolecular Hbond substituents is 1. The lowest BCUT2D eigenvalue weighted by Gasteiger charge is -2.09. The van der Waals surface area contributed by atoms with Crippen LogP contribution >= 0.6 is 0 Å². The van der Waals surface area contributed by atoms with Crippen molar-refractivity contribution in [2.45, 2.75) is 38.8 Å². The third-order valence-corrected chi connectivity index (χ3v) is 3.25. The van der Waals surface area contributed by atoms with Crippen LogP contribution in [-0.2, 0) is 4.79 Å². The van der Waals surface area contributed by atoms with Crippen LogP contribution in [-0.4, -0.2) is 28.8 Å². The SMILES string of the molecule is CC/C(=N\NC(=O)C1CC(C)NN1)c1ccc(O)cc1. The van der Waals surface area contributed by atoms with Crippen molar-refractivity contribution in [3.05, 3.63) is 29.8 Å². The molecule has 6 nitrogen and oxygen atoms in total. The highest BCUT2D eigenvalue weighted by molar-refractivity contribution is 6.01. The van der Waals surface area contributed by atoms with Gasteiger partial charge in [0.15, 0.2) is 0 Å². The molecule has 20 heavy (non-hydrogen) atoms. The van der Waals surface area contributed by atoms with Gasteiger partial charge in [-0.15, -0.1) is 0 Å². The number of hydrazone groups is 1. The average Bonchev–Trinajstić information content (AvgIpc) is 2.88. The summed E-state index contributed by atoms with van der Waals surface area (Å²) in [5, 5.41) is 13.5. The van der Waals surface area contributed by atoms with Gasteiger partial charge >= 0.3 is 0 Å². The van der Waals surface area contributed by atoms with E-state index < -0.39 is 0 Å².